The first-order chi connectivity index (χ1) is 6.16. The minimum absolute atomic E-state index is 0.572. The number of hydrogen-bond acceptors (Lipinski definition) is 0. The zero-order valence-corrected chi connectivity index (χ0v) is 9.25. The summed E-state index contributed by atoms with van der Waals surface area (Å²) in [6, 6.07) is 0.572. The maximum absolute atomic E-state index is 2.34. The Balaban J connectivity index is 2.74. The molecule has 1 heterocycles. The van der Waals surface area contributed by atoms with Gasteiger partial charge in [0.1, 0.15) is 12.4 Å². The zero-order chi connectivity index (χ0) is 9.84. The van der Waals surface area contributed by atoms with Crippen LogP contribution in [0, 0.1) is 6.92 Å². The van der Waals surface area contributed by atoms with Gasteiger partial charge in [0.15, 0.2) is 0 Å². The van der Waals surface area contributed by atoms with Crippen molar-refractivity contribution in [3.8, 4) is 0 Å². The number of nitrogens with zero attached hydrogens (tertiary/aromatic N) is 2. The van der Waals surface area contributed by atoms with E-state index < -0.39 is 0 Å². The highest BCUT2D eigenvalue weighted by Gasteiger charge is 2.13. The van der Waals surface area contributed by atoms with Crippen LogP contribution in [-0.2, 0) is 6.54 Å². The number of rotatable bonds is 4. The molecule has 0 N–H and O–H groups in total. The molecule has 13 heavy (non-hydrogen) atoms. The Morgan fingerprint density at radius 2 is 2.15 bits per heavy atom. The summed E-state index contributed by atoms with van der Waals surface area (Å²) in [6.45, 7) is 10.0. The predicted octanol–water partition coefficient (Wildman–Crippen LogP) is 2.47. The summed E-state index contributed by atoms with van der Waals surface area (Å²) < 4.78 is 4.65. The van der Waals surface area contributed by atoms with Gasteiger partial charge >= 0.3 is 0 Å². The van der Waals surface area contributed by atoms with Crippen LogP contribution >= 0.6 is 0 Å². The molecule has 0 amide bonds. The van der Waals surface area contributed by atoms with Crippen molar-refractivity contribution in [3.63, 3.8) is 0 Å². The number of aryl methyl sites for hydroxylation is 1. The molecular weight excluding hydrogens is 160 g/mol. The molecule has 0 radical (unpaired) electrons. The van der Waals surface area contributed by atoms with Crippen molar-refractivity contribution in [1.29, 1.82) is 0 Å². The van der Waals surface area contributed by atoms with Crippen molar-refractivity contribution in [2.24, 2.45) is 0 Å². The minimum Gasteiger partial charge on any atom is -0.234 e. The Morgan fingerprint density at radius 1 is 1.46 bits per heavy atom. The Labute approximate surface area is 81.2 Å². The van der Waals surface area contributed by atoms with Gasteiger partial charge in [0, 0.05) is 6.92 Å². The average molecular weight is 181 g/mol. The monoisotopic (exact) mass is 181 g/mol. The van der Waals surface area contributed by atoms with Gasteiger partial charge in [0.05, 0.1) is 12.6 Å². The van der Waals surface area contributed by atoms with Crippen LogP contribution in [0.25, 0.3) is 0 Å². The number of aromatic nitrogens is 2. The Hall–Kier alpha value is -0.790. The van der Waals surface area contributed by atoms with E-state index in [2.05, 4.69) is 49.2 Å². The molecule has 1 aromatic rings. The van der Waals surface area contributed by atoms with E-state index in [1.54, 1.807) is 0 Å². The van der Waals surface area contributed by atoms with Crippen LogP contribution < -0.4 is 4.57 Å². The van der Waals surface area contributed by atoms with Crippen LogP contribution in [0.2, 0.25) is 0 Å². The van der Waals surface area contributed by atoms with Gasteiger partial charge in [0.2, 0.25) is 0 Å². The summed E-state index contributed by atoms with van der Waals surface area (Å²) in [5, 5.41) is 0. The molecule has 0 aliphatic rings. The molecule has 0 bridgehead atoms. The van der Waals surface area contributed by atoms with Crippen molar-refractivity contribution in [2.45, 2.75) is 53.1 Å². The van der Waals surface area contributed by atoms with E-state index in [4.69, 9.17) is 0 Å². The lowest BCUT2D eigenvalue weighted by molar-refractivity contribution is -0.702. The van der Waals surface area contributed by atoms with Crippen molar-refractivity contribution < 1.29 is 4.57 Å². The molecule has 1 aromatic heterocycles. The fourth-order valence-corrected chi connectivity index (χ4v) is 1.63. The third kappa shape index (κ3) is 2.33. The molecule has 0 fully saturated rings. The first-order valence-corrected chi connectivity index (χ1v) is 5.23. The highest BCUT2D eigenvalue weighted by molar-refractivity contribution is 4.82. The third-order valence-corrected chi connectivity index (χ3v) is 2.51. The summed E-state index contributed by atoms with van der Waals surface area (Å²) in [5.41, 5.74) is 0. The van der Waals surface area contributed by atoms with Crippen molar-refractivity contribution in [2.75, 3.05) is 0 Å². The maximum atomic E-state index is 2.34. The second-order valence-electron chi connectivity index (χ2n) is 3.89. The van der Waals surface area contributed by atoms with Gasteiger partial charge in [-0.1, -0.05) is 13.3 Å². The van der Waals surface area contributed by atoms with E-state index in [1.165, 1.54) is 18.7 Å². The molecule has 0 aliphatic carbocycles. The lowest BCUT2D eigenvalue weighted by Crippen LogP contribution is -2.35. The zero-order valence-electron chi connectivity index (χ0n) is 9.25. The topological polar surface area (TPSA) is 8.81 Å². The highest BCUT2D eigenvalue weighted by Crippen LogP contribution is 2.05. The molecule has 0 aromatic carbocycles. The SMILES string of the molecule is CCCC[n+]1ccn(C(C)C)c1C. The number of imidazole rings is 1. The second kappa shape index (κ2) is 4.45. The molecule has 0 aliphatic heterocycles. The smallest absolute Gasteiger partial charge is 0.234 e. The van der Waals surface area contributed by atoms with Gasteiger partial charge in [-0.2, -0.15) is 0 Å². The van der Waals surface area contributed by atoms with Gasteiger partial charge in [-0.3, -0.25) is 0 Å². The summed E-state index contributed by atoms with van der Waals surface area (Å²) in [5.74, 6) is 1.36. The minimum atomic E-state index is 0.572. The first kappa shape index (κ1) is 10.3. The van der Waals surface area contributed by atoms with Crippen LogP contribution in [-0.4, -0.2) is 4.57 Å². The van der Waals surface area contributed by atoms with Gasteiger partial charge < -0.3 is 0 Å². The van der Waals surface area contributed by atoms with E-state index >= 15 is 0 Å². The van der Waals surface area contributed by atoms with Gasteiger partial charge in [0.25, 0.3) is 5.82 Å². The van der Waals surface area contributed by atoms with Gasteiger partial charge in [-0.15, -0.1) is 0 Å². The maximum Gasteiger partial charge on any atom is 0.253 e. The van der Waals surface area contributed by atoms with E-state index in [0.717, 1.165) is 6.54 Å². The van der Waals surface area contributed by atoms with Crippen LogP contribution in [0.5, 0.6) is 0 Å². The normalized spacial score (nSPS) is 11.2. The van der Waals surface area contributed by atoms with Crippen molar-refractivity contribution in [1.82, 2.24) is 4.57 Å². The number of hydrogen-bond donors (Lipinski definition) is 0. The van der Waals surface area contributed by atoms with Crippen molar-refractivity contribution >= 4 is 0 Å². The van der Waals surface area contributed by atoms with Crippen LogP contribution in [0.15, 0.2) is 12.4 Å². The molecule has 2 nitrogen and oxygen atoms in total. The van der Waals surface area contributed by atoms with Gasteiger partial charge in [-0.05, 0) is 20.3 Å². The van der Waals surface area contributed by atoms with E-state index in [1.807, 2.05) is 0 Å². The standard InChI is InChI=1S/C11H21N2/c1-5-6-7-12-8-9-13(10(2)3)11(12)4/h8-10H,5-7H2,1-4H3/q+1. The van der Waals surface area contributed by atoms with Crippen LogP contribution in [0.4, 0.5) is 0 Å². The molecule has 2 heteroatoms. The lowest BCUT2D eigenvalue weighted by Gasteiger charge is -2.02. The summed E-state index contributed by atoms with van der Waals surface area (Å²) in [6.07, 6.45) is 6.90. The third-order valence-electron chi connectivity index (χ3n) is 2.51. The Bertz CT molecular complexity index is 261. The van der Waals surface area contributed by atoms with Crippen molar-refractivity contribution in [3.05, 3.63) is 18.2 Å². The van der Waals surface area contributed by atoms with Crippen LogP contribution in [0.3, 0.4) is 0 Å². The molecule has 0 atom stereocenters. The molecular formula is C11H21N2+. The second-order valence-corrected chi connectivity index (χ2v) is 3.89. The van der Waals surface area contributed by atoms with E-state index in [9.17, 15) is 0 Å². The summed E-state index contributed by atoms with van der Waals surface area (Å²) in [7, 11) is 0. The molecule has 0 saturated carbocycles. The average Bonchev–Trinajstić information content (AvgIpc) is 2.43. The first-order valence-electron chi connectivity index (χ1n) is 5.23. The van der Waals surface area contributed by atoms with Crippen LogP contribution in [0.1, 0.15) is 45.5 Å². The largest absolute Gasteiger partial charge is 0.253 e. The molecule has 0 spiro atoms. The van der Waals surface area contributed by atoms with Gasteiger partial charge in [-0.25, -0.2) is 9.13 Å². The Kier molecular flexibility index (Phi) is 3.52. The fourth-order valence-electron chi connectivity index (χ4n) is 1.63. The quantitative estimate of drug-likeness (QED) is 0.631. The van der Waals surface area contributed by atoms with E-state index in [0.29, 0.717) is 6.04 Å². The highest BCUT2D eigenvalue weighted by atomic mass is 15.2. The molecule has 0 unspecified atom stereocenters. The molecule has 74 valence electrons. The predicted molar refractivity (Wildman–Crippen MR) is 54.7 cm³/mol. The van der Waals surface area contributed by atoms with E-state index in [-0.39, 0.29) is 0 Å². The molecule has 1 rings (SSSR count). The number of unbranched alkanes of at least 4 members (excludes halogenated alkanes) is 1. The fraction of sp³-hybridized carbons (Fsp3) is 0.727. The lowest BCUT2D eigenvalue weighted by atomic mass is 10.3. The summed E-state index contributed by atoms with van der Waals surface area (Å²) >= 11 is 0. The Morgan fingerprint density at radius 3 is 2.62 bits per heavy atom. The molecule has 0 saturated heterocycles. The summed E-state index contributed by atoms with van der Waals surface area (Å²) in [4.78, 5) is 0.